The first kappa shape index (κ1) is 15.7. The van der Waals surface area contributed by atoms with Crippen LogP contribution >= 0.6 is 11.6 Å². The Balaban J connectivity index is 2.04. The van der Waals surface area contributed by atoms with Crippen LogP contribution in [-0.4, -0.2) is 38.9 Å². The molecule has 0 fully saturated rings. The van der Waals surface area contributed by atoms with E-state index in [0.717, 1.165) is 5.56 Å². The minimum Gasteiger partial charge on any atom is -0.486 e. The monoisotopic (exact) mass is 311 g/mol. The Morgan fingerprint density at radius 3 is 3.00 bits per heavy atom. The number of nitrogens with one attached hydrogen (secondary N) is 1. The molecule has 0 aromatic heterocycles. The Labute approximate surface area is 128 Å². The summed E-state index contributed by atoms with van der Waals surface area (Å²) in [7, 11) is 1.59. The molecule has 0 radical (unpaired) electrons. The van der Waals surface area contributed by atoms with Crippen LogP contribution in [0.1, 0.15) is 12.5 Å². The highest BCUT2D eigenvalue weighted by Gasteiger charge is 2.16. The van der Waals surface area contributed by atoms with Crippen LogP contribution in [0.5, 0.6) is 11.5 Å². The van der Waals surface area contributed by atoms with Crippen molar-refractivity contribution < 1.29 is 19.0 Å². The molecule has 0 aliphatic carbocycles. The maximum absolute atomic E-state index is 11.7. The standard InChI is InChI=1S/C15H18ClNO4/c1-10(9-19-2)17-14(18)4-3-11-7-12(16)15-13(8-11)20-5-6-21-15/h3-4,7-8,10H,5-6,9H2,1-2H3,(H,17,18)/b4-3+. The predicted octanol–water partition coefficient (Wildman–Crippen LogP) is 2.28. The number of hydrogen-bond donors (Lipinski definition) is 1. The van der Waals surface area contributed by atoms with Crippen molar-refractivity contribution in [2.45, 2.75) is 13.0 Å². The third-order valence-corrected chi connectivity index (χ3v) is 3.13. The zero-order valence-corrected chi connectivity index (χ0v) is 12.8. The van der Waals surface area contributed by atoms with Gasteiger partial charge in [0.1, 0.15) is 13.2 Å². The number of halogens is 1. The van der Waals surface area contributed by atoms with Gasteiger partial charge in [0.05, 0.1) is 11.6 Å². The maximum atomic E-state index is 11.7. The van der Waals surface area contributed by atoms with E-state index in [2.05, 4.69) is 5.32 Å². The van der Waals surface area contributed by atoms with Crippen molar-refractivity contribution in [2.75, 3.05) is 26.9 Å². The largest absolute Gasteiger partial charge is 0.486 e. The molecule has 1 heterocycles. The summed E-state index contributed by atoms with van der Waals surface area (Å²) in [5.74, 6) is 0.963. The Morgan fingerprint density at radius 1 is 1.48 bits per heavy atom. The molecule has 1 amide bonds. The molecule has 0 bridgehead atoms. The molecule has 114 valence electrons. The molecule has 1 aromatic rings. The molecule has 1 aliphatic heterocycles. The number of carbonyl (C=O) groups excluding carboxylic acids is 1. The summed E-state index contributed by atoms with van der Waals surface area (Å²) in [6.07, 6.45) is 3.13. The van der Waals surface area contributed by atoms with E-state index in [0.29, 0.717) is 36.3 Å². The van der Waals surface area contributed by atoms with Gasteiger partial charge in [-0.15, -0.1) is 0 Å². The number of carbonyl (C=O) groups is 1. The molecule has 1 atom stereocenters. The second-order valence-electron chi connectivity index (χ2n) is 4.73. The molecule has 0 spiro atoms. The van der Waals surface area contributed by atoms with Gasteiger partial charge in [-0.05, 0) is 30.7 Å². The zero-order valence-electron chi connectivity index (χ0n) is 12.0. The fourth-order valence-electron chi connectivity index (χ4n) is 1.98. The molecule has 1 unspecified atom stereocenters. The van der Waals surface area contributed by atoms with Crippen LogP contribution in [0.2, 0.25) is 5.02 Å². The zero-order chi connectivity index (χ0) is 15.2. The van der Waals surface area contributed by atoms with Crippen LogP contribution in [-0.2, 0) is 9.53 Å². The van der Waals surface area contributed by atoms with Crippen molar-refractivity contribution >= 4 is 23.6 Å². The summed E-state index contributed by atoms with van der Waals surface area (Å²) in [6.45, 7) is 3.32. The normalized spacial score (nSPS) is 15.0. The number of ether oxygens (including phenoxy) is 3. The number of fused-ring (bicyclic) bond motifs is 1. The molecule has 1 aromatic carbocycles. The van der Waals surface area contributed by atoms with Gasteiger partial charge >= 0.3 is 0 Å². The molecule has 5 nitrogen and oxygen atoms in total. The highest BCUT2D eigenvalue weighted by Crippen LogP contribution is 2.38. The van der Waals surface area contributed by atoms with Crippen LogP contribution in [0, 0.1) is 0 Å². The number of rotatable bonds is 5. The van der Waals surface area contributed by atoms with Gasteiger partial charge in [0.15, 0.2) is 11.5 Å². The quantitative estimate of drug-likeness (QED) is 0.848. The predicted molar refractivity (Wildman–Crippen MR) is 81.0 cm³/mol. The lowest BCUT2D eigenvalue weighted by atomic mass is 10.1. The number of methoxy groups -OCH3 is 1. The van der Waals surface area contributed by atoms with Gasteiger partial charge in [0.2, 0.25) is 5.91 Å². The molecule has 21 heavy (non-hydrogen) atoms. The van der Waals surface area contributed by atoms with Crippen molar-refractivity contribution in [2.24, 2.45) is 0 Å². The third kappa shape index (κ3) is 4.37. The van der Waals surface area contributed by atoms with Gasteiger partial charge in [-0.25, -0.2) is 0 Å². The molecular weight excluding hydrogens is 294 g/mol. The highest BCUT2D eigenvalue weighted by atomic mass is 35.5. The first-order chi connectivity index (χ1) is 10.1. The summed E-state index contributed by atoms with van der Waals surface area (Å²) in [5.41, 5.74) is 0.777. The van der Waals surface area contributed by atoms with E-state index in [-0.39, 0.29) is 11.9 Å². The van der Waals surface area contributed by atoms with E-state index in [1.165, 1.54) is 6.08 Å². The average Bonchev–Trinajstić information content (AvgIpc) is 2.45. The number of benzene rings is 1. The van der Waals surface area contributed by atoms with Gasteiger partial charge in [-0.2, -0.15) is 0 Å². The van der Waals surface area contributed by atoms with Crippen LogP contribution in [0.15, 0.2) is 18.2 Å². The van der Waals surface area contributed by atoms with Crippen LogP contribution in [0.25, 0.3) is 6.08 Å². The van der Waals surface area contributed by atoms with Crippen molar-refractivity contribution in [3.63, 3.8) is 0 Å². The fourth-order valence-corrected chi connectivity index (χ4v) is 2.26. The van der Waals surface area contributed by atoms with Crippen LogP contribution in [0.4, 0.5) is 0 Å². The highest BCUT2D eigenvalue weighted by molar-refractivity contribution is 6.32. The van der Waals surface area contributed by atoms with E-state index in [1.807, 2.05) is 6.92 Å². The second kappa shape index (κ2) is 7.33. The maximum Gasteiger partial charge on any atom is 0.244 e. The number of hydrogen-bond acceptors (Lipinski definition) is 4. The Kier molecular flexibility index (Phi) is 5.47. The topological polar surface area (TPSA) is 56.8 Å². The molecule has 0 saturated heterocycles. The molecule has 2 rings (SSSR count). The third-order valence-electron chi connectivity index (χ3n) is 2.85. The molecule has 0 saturated carbocycles. The minimum absolute atomic E-state index is 0.0454. The van der Waals surface area contributed by atoms with E-state index >= 15 is 0 Å². The lowest BCUT2D eigenvalue weighted by Gasteiger charge is -2.19. The Morgan fingerprint density at radius 2 is 2.24 bits per heavy atom. The molecular formula is C15H18ClNO4. The van der Waals surface area contributed by atoms with Crippen molar-refractivity contribution in [1.82, 2.24) is 5.32 Å². The summed E-state index contributed by atoms with van der Waals surface area (Å²) in [5, 5.41) is 3.26. The first-order valence-electron chi connectivity index (χ1n) is 6.67. The minimum atomic E-state index is -0.189. The van der Waals surface area contributed by atoms with Gasteiger partial charge in [0, 0.05) is 19.2 Å². The summed E-state index contributed by atoms with van der Waals surface area (Å²) >= 11 is 6.13. The summed E-state index contributed by atoms with van der Waals surface area (Å²) in [6, 6.07) is 3.48. The van der Waals surface area contributed by atoms with E-state index in [9.17, 15) is 4.79 Å². The van der Waals surface area contributed by atoms with Gasteiger partial charge in [0.25, 0.3) is 0 Å². The average molecular weight is 312 g/mol. The fraction of sp³-hybridized carbons (Fsp3) is 0.400. The second-order valence-corrected chi connectivity index (χ2v) is 5.13. The van der Waals surface area contributed by atoms with E-state index in [1.54, 1.807) is 25.3 Å². The SMILES string of the molecule is COCC(C)NC(=O)/C=C/c1cc(Cl)c2c(c1)OCCO2. The Bertz CT molecular complexity index is 545. The van der Waals surface area contributed by atoms with Crippen molar-refractivity contribution in [3.05, 3.63) is 28.8 Å². The van der Waals surface area contributed by atoms with E-state index < -0.39 is 0 Å². The summed E-state index contributed by atoms with van der Waals surface area (Å²) < 4.78 is 15.9. The summed E-state index contributed by atoms with van der Waals surface area (Å²) in [4.78, 5) is 11.7. The molecule has 1 aliphatic rings. The Hall–Kier alpha value is -1.72. The van der Waals surface area contributed by atoms with Gasteiger partial charge < -0.3 is 19.5 Å². The van der Waals surface area contributed by atoms with E-state index in [4.69, 9.17) is 25.8 Å². The first-order valence-corrected chi connectivity index (χ1v) is 7.04. The lowest BCUT2D eigenvalue weighted by Crippen LogP contribution is -2.34. The van der Waals surface area contributed by atoms with Gasteiger partial charge in [-0.1, -0.05) is 11.6 Å². The smallest absolute Gasteiger partial charge is 0.244 e. The molecule has 1 N–H and O–H groups in total. The van der Waals surface area contributed by atoms with Crippen molar-refractivity contribution in [3.8, 4) is 11.5 Å². The van der Waals surface area contributed by atoms with Crippen molar-refractivity contribution in [1.29, 1.82) is 0 Å². The molecule has 6 heteroatoms. The van der Waals surface area contributed by atoms with Crippen LogP contribution in [0.3, 0.4) is 0 Å². The lowest BCUT2D eigenvalue weighted by molar-refractivity contribution is -0.117. The number of amides is 1. The van der Waals surface area contributed by atoms with Crippen LogP contribution < -0.4 is 14.8 Å². The van der Waals surface area contributed by atoms with Gasteiger partial charge in [-0.3, -0.25) is 4.79 Å².